The maximum Gasteiger partial charge on any atom is 0.418 e. The van der Waals surface area contributed by atoms with Gasteiger partial charge < -0.3 is 35.6 Å². The van der Waals surface area contributed by atoms with Crippen molar-refractivity contribution in [1.29, 1.82) is 0 Å². The van der Waals surface area contributed by atoms with E-state index < -0.39 is 41.5 Å². The van der Waals surface area contributed by atoms with Crippen LogP contribution >= 0.6 is 11.6 Å². The number of anilines is 2. The number of likely N-dealkylation sites (tertiary alicyclic amines) is 3. The SMILES string of the molecule is Nc1c(Cl)cc(CC(OC(=O)N2CCC(N3Cc4ccccc4NC3=O)CC2)C(=O)N2CCC(C3CCN(CC(=O)O)CC3)CC2)cc1C(F)(F)F. The molecule has 0 saturated carbocycles. The maximum absolute atomic E-state index is 14.0. The standard InChI is InChI=1S/C36H44ClF3N6O6/c37-28-18-22(17-27(32(28)41)36(38,39)40)19-30(33(49)44-13-7-24(8-14-44)23-5-11-43(12-6-23)21-31(47)48)52-35(51)45-15-9-26(10-16-45)46-20-25-3-1-2-4-29(25)42-34(46)50/h1-4,17-18,23-24,26,30H,5-16,19-21,41H2,(H,42,50)(H,47,48). The number of aliphatic carboxylic acids is 1. The summed E-state index contributed by atoms with van der Waals surface area (Å²) < 4.78 is 47.3. The van der Waals surface area contributed by atoms with Gasteiger partial charge in [0.25, 0.3) is 5.91 Å². The second-order valence-electron chi connectivity index (χ2n) is 14.2. The number of nitrogen functional groups attached to an aromatic ring is 1. The number of carbonyl (C=O) groups excluding carboxylic acids is 3. The lowest BCUT2D eigenvalue weighted by Crippen LogP contribution is -2.52. The number of ether oxygens (including phenoxy) is 1. The molecule has 1 atom stereocenters. The second-order valence-corrected chi connectivity index (χ2v) is 14.6. The highest BCUT2D eigenvalue weighted by molar-refractivity contribution is 6.33. The molecule has 4 aliphatic rings. The summed E-state index contributed by atoms with van der Waals surface area (Å²) in [6, 6.07) is 9.32. The van der Waals surface area contributed by atoms with Crippen LogP contribution in [-0.2, 0) is 33.5 Å². The summed E-state index contributed by atoms with van der Waals surface area (Å²) in [6.07, 6.45) is -3.16. The molecule has 282 valence electrons. The number of carboxylic acids is 1. The van der Waals surface area contributed by atoms with E-state index in [2.05, 4.69) is 5.32 Å². The first-order valence-corrected chi connectivity index (χ1v) is 18.1. The van der Waals surface area contributed by atoms with Crippen LogP contribution in [0.1, 0.15) is 55.2 Å². The van der Waals surface area contributed by atoms with E-state index in [9.17, 15) is 32.3 Å². The number of halogens is 4. The molecule has 6 rings (SSSR count). The average Bonchev–Trinajstić information content (AvgIpc) is 3.12. The second kappa shape index (κ2) is 15.8. The van der Waals surface area contributed by atoms with Crippen LogP contribution in [0.2, 0.25) is 5.02 Å². The molecule has 0 radical (unpaired) electrons. The highest BCUT2D eigenvalue weighted by Gasteiger charge is 2.39. The van der Waals surface area contributed by atoms with Gasteiger partial charge in [-0.3, -0.25) is 14.5 Å². The topological polar surface area (TPSA) is 149 Å². The van der Waals surface area contributed by atoms with Crippen LogP contribution in [0.3, 0.4) is 0 Å². The normalized spacial score (nSPS) is 20.3. The van der Waals surface area contributed by atoms with Crippen molar-refractivity contribution in [2.75, 3.05) is 56.9 Å². The van der Waals surface area contributed by atoms with Gasteiger partial charge in [0.05, 0.1) is 22.8 Å². The number of nitrogens with zero attached hydrogens (tertiary/aromatic N) is 4. The lowest BCUT2D eigenvalue weighted by atomic mass is 9.78. The summed E-state index contributed by atoms with van der Waals surface area (Å²) >= 11 is 6.10. The Hall–Kier alpha value is -4.24. The number of piperidine rings is 3. The maximum atomic E-state index is 14.0. The highest BCUT2D eigenvalue weighted by atomic mass is 35.5. The lowest BCUT2D eigenvalue weighted by molar-refractivity contribution is -0.142. The van der Waals surface area contributed by atoms with Crippen molar-refractivity contribution >= 4 is 47.0 Å². The number of benzene rings is 2. The van der Waals surface area contributed by atoms with Gasteiger partial charge >= 0.3 is 24.3 Å². The van der Waals surface area contributed by atoms with Gasteiger partial charge in [-0.2, -0.15) is 13.2 Å². The Morgan fingerprint density at radius 2 is 1.56 bits per heavy atom. The third-order valence-electron chi connectivity index (χ3n) is 11.0. The van der Waals surface area contributed by atoms with Gasteiger partial charge in [0.1, 0.15) is 0 Å². The lowest BCUT2D eigenvalue weighted by Gasteiger charge is -2.41. The van der Waals surface area contributed by atoms with Crippen LogP contribution in [0.5, 0.6) is 0 Å². The van der Waals surface area contributed by atoms with Crippen molar-refractivity contribution in [3.05, 3.63) is 58.1 Å². The number of urea groups is 1. The Morgan fingerprint density at radius 3 is 2.19 bits per heavy atom. The summed E-state index contributed by atoms with van der Waals surface area (Å²) in [5.41, 5.74) is 5.71. The zero-order valence-electron chi connectivity index (χ0n) is 28.7. The molecule has 1 unspecified atom stereocenters. The number of hydrogen-bond donors (Lipinski definition) is 3. The first kappa shape index (κ1) is 37.5. The van der Waals surface area contributed by atoms with Crippen LogP contribution in [0, 0.1) is 11.8 Å². The van der Waals surface area contributed by atoms with Crippen LogP contribution in [0.15, 0.2) is 36.4 Å². The fourth-order valence-electron chi connectivity index (χ4n) is 8.06. The molecule has 16 heteroatoms. The summed E-state index contributed by atoms with van der Waals surface area (Å²) in [5, 5.41) is 11.7. The first-order chi connectivity index (χ1) is 24.8. The van der Waals surface area contributed by atoms with Crippen molar-refractivity contribution < 1.29 is 42.2 Å². The fraction of sp³-hybridized carbons (Fsp3) is 0.556. The molecule has 2 aromatic rings. The predicted molar refractivity (Wildman–Crippen MR) is 187 cm³/mol. The van der Waals surface area contributed by atoms with Crippen molar-refractivity contribution in [3.63, 3.8) is 0 Å². The first-order valence-electron chi connectivity index (χ1n) is 17.8. The van der Waals surface area contributed by atoms with Crippen molar-refractivity contribution in [2.45, 2.75) is 69.8 Å². The molecule has 52 heavy (non-hydrogen) atoms. The molecule has 4 heterocycles. The summed E-state index contributed by atoms with van der Waals surface area (Å²) in [7, 11) is 0. The Morgan fingerprint density at radius 1 is 0.942 bits per heavy atom. The van der Waals surface area contributed by atoms with E-state index in [1.165, 1.54) is 11.0 Å². The summed E-state index contributed by atoms with van der Waals surface area (Å²) in [4.78, 5) is 58.3. The Kier molecular flexibility index (Phi) is 11.4. The average molecular weight is 749 g/mol. The Balaban J connectivity index is 1.11. The molecule has 3 fully saturated rings. The number of para-hydroxylation sites is 1. The van der Waals surface area contributed by atoms with E-state index >= 15 is 0 Å². The van der Waals surface area contributed by atoms with Crippen LogP contribution in [-0.4, -0.2) is 107 Å². The predicted octanol–water partition coefficient (Wildman–Crippen LogP) is 5.54. The number of rotatable bonds is 8. The number of nitrogens with two attached hydrogens (primary N) is 1. The number of fused-ring (bicyclic) bond motifs is 1. The van der Waals surface area contributed by atoms with E-state index in [-0.39, 0.29) is 48.7 Å². The van der Waals surface area contributed by atoms with Gasteiger partial charge in [-0.05, 0) is 92.8 Å². The van der Waals surface area contributed by atoms with E-state index in [4.69, 9.17) is 27.2 Å². The summed E-state index contributed by atoms with van der Waals surface area (Å²) in [6.45, 7) is 3.19. The smallest absolute Gasteiger partial charge is 0.418 e. The van der Waals surface area contributed by atoms with Gasteiger partial charge in [0.2, 0.25) is 0 Å². The molecule has 0 bridgehead atoms. The van der Waals surface area contributed by atoms with Crippen LogP contribution in [0.4, 0.5) is 34.1 Å². The van der Waals surface area contributed by atoms with Crippen molar-refractivity contribution in [1.82, 2.24) is 19.6 Å². The van der Waals surface area contributed by atoms with Crippen LogP contribution in [0.25, 0.3) is 0 Å². The zero-order chi connectivity index (χ0) is 37.2. The highest BCUT2D eigenvalue weighted by Crippen LogP contribution is 2.39. The molecular formula is C36H44ClF3N6O6. The third kappa shape index (κ3) is 8.68. The summed E-state index contributed by atoms with van der Waals surface area (Å²) in [5.74, 6) is -0.594. The molecule has 4 amide bonds. The number of carboxylic acid groups (broad SMARTS) is 1. The van der Waals surface area contributed by atoms with Gasteiger partial charge in [-0.1, -0.05) is 29.8 Å². The van der Waals surface area contributed by atoms with Gasteiger partial charge in [-0.15, -0.1) is 0 Å². The monoisotopic (exact) mass is 748 g/mol. The van der Waals surface area contributed by atoms with E-state index in [0.717, 1.165) is 30.2 Å². The third-order valence-corrected chi connectivity index (χ3v) is 11.3. The molecule has 12 nitrogen and oxygen atoms in total. The molecule has 3 saturated heterocycles. The van der Waals surface area contributed by atoms with E-state index in [1.54, 1.807) is 9.80 Å². The number of carbonyl (C=O) groups is 4. The molecule has 0 aliphatic carbocycles. The number of hydrogen-bond acceptors (Lipinski definition) is 7. The molecule has 4 N–H and O–H groups in total. The molecule has 0 aromatic heterocycles. The number of nitrogens with one attached hydrogen (secondary N) is 1. The van der Waals surface area contributed by atoms with Gasteiger partial charge in [0, 0.05) is 50.9 Å². The minimum atomic E-state index is -4.79. The quantitative estimate of drug-likeness (QED) is 0.299. The Bertz CT molecular complexity index is 1660. The molecule has 0 spiro atoms. The number of alkyl halides is 3. The minimum Gasteiger partial charge on any atom is -0.480 e. The molecular weight excluding hydrogens is 705 g/mol. The zero-order valence-corrected chi connectivity index (χ0v) is 29.5. The number of amides is 4. The fourth-order valence-corrected chi connectivity index (χ4v) is 8.30. The largest absolute Gasteiger partial charge is 0.480 e. The van der Waals surface area contributed by atoms with Gasteiger partial charge in [-0.25, -0.2) is 9.59 Å². The van der Waals surface area contributed by atoms with E-state index in [0.29, 0.717) is 70.2 Å². The van der Waals surface area contributed by atoms with Gasteiger partial charge in [0.15, 0.2) is 6.10 Å². The molecule has 4 aliphatic heterocycles. The van der Waals surface area contributed by atoms with E-state index in [1.807, 2.05) is 29.2 Å². The van der Waals surface area contributed by atoms with Crippen molar-refractivity contribution in [2.24, 2.45) is 11.8 Å². The molecule has 2 aromatic carbocycles. The van der Waals surface area contributed by atoms with Crippen molar-refractivity contribution in [3.8, 4) is 0 Å². The minimum absolute atomic E-state index is 0.0199. The van der Waals surface area contributed by atoms with Crippen LogP contribution < -0.4 is 11.1 Å². The Labute approximate surface area is 305 Å².